The number of ether oxygens (including phenoxy) is 1. The fraction of sp³-hybridized carbons (Fsp3) is 0.391. The van der Waals surface area contributed by atoms with Crippen LogP contribution in [-0.4, -0.2) is 41.1 Å². The quantitative estimate of drug-likeness (QED) is 0.540. The number of hydrogen-bond acceptors (Lipinski definition) is 6. The van der Waals surface area contributed by atoms with E-state index in [2.05, 4.69) is 25.6 Å². The van der Waals surface area contributed by atoms with Crippen LogP contribution in [0, 0.1) is 0 Å². The van der Waals surface area contributed by atoms with E-state index in [-0.39, 0.29) is 5.69 Å². The molecule has 1 saturated carbocycles. The first-order valence-corrected chi connectivity index (χ1v) is 10.9. The van der Waals surface area contributed by atoms with Crippen molar-refractivity contribution in [1.29, 1.82) is 0 Å². The summed E-state index contributed by atoms with van der Waals surface area (Å²) >= 11 is 0. The predicted octanol–water partition coefficient (Wildman–Crippen LogP) is 5.04. The first-order valence-electron chi connectivity index (χ1n) is 10.9. The third kappa shape index (κ3) is 4.90. The highest BCUT2D eigenvalue weighted by atomic mass is 19.4. The molecule has 33 heavy (non-hydrogen) atoms. The number of nitrogens with zero attached hydrogens (tertiary/aromatic N) is 4. The Labute approximate surface area is 189 Å². The zero-order valence-corrected chi connectivity index (χ0v) is 18.2. The van der Waals surface area contributed by atoms with Crippen LogP contribution in [0.2, 0.25) is 0 Å². The molecule has 0 bridgehead atoms. The van der Waals surface area contributed by atoms with Gasteiger partial charge in [0.1, 0.15) is 11.6 Å². The Bertz CT molecular complexity index is 1120. The van der Waals surface area contributed by atoms with Gasteiger partial charge in [0, 0.05) is 55.8 Å². The number of morpholine rings is 1. The molecule has 2 aliphatic rings. The third-order valence-electron chi connectivity index (χ3n) is 5.88. The molecule has 0 atom stereocenters. The van der Waals surface area contributed by atoms with E-state index in [0.29, 0.717) is 30.8 Å². The fourth-order valence-electron chi connectivity index (χ4n) is 3.90. The molecule has 5 rings (SSSR count). The lowest BCUT2D eigenvalue weighted by Crippen LogP contribution is -2.36. The lowest BCUT2D eigenvalue weighted by Gasteiger charge is -2.28. The molecule has 2 aromatic heterocycles. The molecule has 3 aromatic rings. The molecule has 2 N–H and O–H groups in total. The van der Waals surface area contributed by atoms with Gasteiger partial charge in [0.15, 0.2) is 0 Å². The number of nitrogens with one attached hydrogen (secondary N) is 2. The van der Waals surface area contributed by atoms with Gasteiger partial charge in [-0.3, -0.25) is 4.68 Å². The highest BCUT2D eigenvalue weighted by Crippen LogP contribution is 2.41. The van der Waals surface area contributed by atoms with Crippen molar-refractivity contribution in [3.63, 3.8) is 0 Å². The Morgan fingerprint density at radius 2 is 1.76 bits per heavy atom. The standard InChI is InChI=1S/C23H25F3N6O/c1-31-22(13-19(30-31)15-2-3-15)29-20-12-21(27-14-18(20)23(24,25)26)28-16-4-6-17(7-5-16)32-8-10-33-11-9-32/h4-7,12-15H,2-3,8-11H2,1H3,(H2,27,28,29). The monoisotopic (exact) mass is 458 g/mol. The SMILES string of the molecule is Cn1nc(C2CC2)cc1Nc1cc(Nc2ccc(N3CCOCC3)cc2)ncc1C(F)(F)F. The van der Waals surface area contributed by atoms with E-state index in [1.54, 1.807) is 11.7 Å². The zero-order valence-electron chi connectivity index (χ0n) is 18.2. The number of aryl methyl sites for hydroxylation is 1. The van der Waals surface area contributed by atoms with Crippen LogP contribution >= 0.6 is 0 Å². The van der Waals surface area contributed by atoms with Crippen molar-refractivity contribution >= 4 is 28.7 Å². The summed E-state index contributed by atoms with van der Waals surface area (Å²) in [6.45, 7) is 3.06. The fourth-order valence-corrected chi connectivity index (χ4v) is 3.90. The van der Waals surface area contributed by atoms with Crippen molar-refractivity contribution in [2.75, 3.05) is 41.8 Å². The first kappa shape index (κ1) is 21.6. The van der Waals surface area contributed by atoms with Crippen molar-refractivity contribution in [3.8, 4) is 0 Å². The average molecular weight is 458 g/mol. The molecule has 1 aromatic carbocycles. The minimum atomic E-state index is -4.54. The summed E-state index contributed by atoms with van der Waals surface area (Å²) in [7, 11) is 1.72. The second-order valence-corrected chi connectivity index (χ2v) is 8.36. The molecule has 0 unspecified atom stereocenters. The maximum absolute atomic E-state index is 13.6. The first-order chi connectivity index (χ1) is 15.9. The van der Waals surface area contributed by atoms with Gasteiger partial charge in [0.05, 0.1) is 30.2 Å². The molecule has 1 saturated heterocycles. The van der Waals surface area contributed by atoms with Crippen LogP contribution in [0.25, 0.3) is 0 Å². The summed E-state index contributed by atoms with van der Waals surface area (Å²) in [4.78, 5) is 6.23. The van der Waals surface area contributed by atoms with Crippen LogP contribution < -0.4 is 15.5 Å². The molecular weight excluding hydrogens is 433 g/mol. The van der Waals surface area contributed by atoms with Crippen LogP contribution in [0.15, 0.2) is 42.6 Å². The van der Waals surface area contributed by atoms with Crippen LogP contribution in [-0.2, 0) is 18.0 Å². The summed E-state index contributed by atoms with van der Waals surface area (Å²) in [5.41, 5.74) is 1.82. The van der Waals surface area contributed by atoms with Crippen LogP contribution in [0.5, 0.6) is 0 Å². The number of rotatable bonds is 6. The minimum Gasteiger partial charge on any atom is -0.378 e. The third-order valence-corrected chi connectivity index (χ3v) is 5.88. The van der Waals surface area contributed by atoms with E-state index in [1.165, 1.54) is 6.07 Å². The number of alkyl halides is 3. The van der Waals surface area contributed by atoms with E-state index < -0.39 is 11.7 Å². The van der Waals surface area contributed by atoms with Crippen molar-refractivity contribution in [3.05, 3.63) is 53.9 Å². The molecule has 10 heteroatoms. The van der Waals surface area contributed by atoms with E-state index >= 15 is 0 Å². The maximum Gasteiger partial charge on any atom is 0.419 e. The molecule has 7 nitrogen and oxygen atoms in total. The number of halogens is 3. The predicted molar refractivity (Wildman–Crippen MR) is 120 cm³/mol. The van der Waals surface area contributed by atoms with E-state index in [4.69, 9.17) is 4.74 Å². The Kier molecular flexibility index (Phi) is 5.61. The Balaban J connectivity index is 1.37. The van der Waals surface area contributed by atoms with Gasteiger partial charge < -0.3 is 20.3 Å². The van der Waals surface area contributed by atoms with Gasteiger partial charge in [-0.15, -0.1) is 0 Å². The minimum absolute atomic E-state index is 0.0738. The molecule has 1 aliphatic carbocycles. The summed E-state index contributed by atoms with van der Waals surface area (Å²) in [5.74, 6) is 1.23. The average Bonchev–Trinajstić information content (AvgIpc) is 3.58. The number of pyridine rings is 1. The van der Waals surface area contributed by atoms with Crippen LogP contribution in [0.3, 0.4) is 0 Å². The van der Waals surface area contributed by atoms with Crippen LogP contribution in [0.1, 0.15) is 30.0 Å². The van der Waals surface area contributed by atoms with Gasteiger partial charge in [-0.1, -0.05) is 0 Å². The number of hydrogen-bond donors (Lipinski definition) is 2. The molecule has 0 radical (unpaired) electrons. The summed E-state index contributed by atoms with van der Waals surface area (Å²) in [5, 5.41) is 10.4. The van der Waals surface area contributed by atoms with Gasteiger partial charge in [-0.25, -0.2) is 4.98 Å². The van der Waals surface area contributed by atoms with Gasteiger partial charge in [0.25, 0.3) is 0 Å². The van der Waals surface area contributed by atoms with Crippen LogP contribution in [0.4, 0.5) is 41.9 Å². The largest absolute Gasteiger partial charge is 0.419 e. The number of benzene rings is 1. The topological polar surface area (TPSA) is 67.2 Å². The van der Waals surface area contributed by atoms with Gasteiger partial charge >= 0.3 is 6.18 Å². The van der Waals surface area contributed by atoms with Crippen molar-refractivity contribution < 1.29 is 17.9 Å². The second-order valence-electron chi connectivity index (χ2n) is 8.36. The molecule has 2 fully saturated rings. The zero-order chi connectivity index (χ0) is 23.0. The van der Waals surface area contributed by atoms with Gasteiger partial charge in [-0.05, 0) is 37.1 Å². The normalized spacial score (nSPS) is 16.7. The van der Waals surface area contributed by atoms with Crippen molar-refractivity contribution in [2.45, 2.75) is 24.9 Å². The molecule has 1 aliphatic heterocycles. The molecule has 0 amide bonds. The highest BCUT2D eigenvalue weighted by molar-refractivity contribution is 5.69. The van der Waals surface area contributed by atoms with Crippen molar-refractivity contribution in [1.82, 2.24) is 14.8 Å². The Morgan fingerprint density at radius 3 is 2.42 bits per heavy atom. The summed E-state index contributed by atoms with van der Waals surface area (Å²) < 4.78 is 47.9. The van der Waals surface area contributed by atoms with Gasteiger partial charge in [0.2, 0.25) is 0 Å². The molecule has 174 valence electrons. The maximum atomic E-state index is 13.6. The smallest absolute Gasteiger partial charge is 0.378 e. The number of anilines is 5. The van der Waals surface area contributed by atoms with E-state index in [9.17, 15) is 13.2 Å². The highest BCUT2D eigenvalue weighted by Gasteiger charge is 2.35. The molecule has 0 spiro atoms. The summed E-state index contributed by atoms with van der Waals surface area (Å²) in [6, 6.07) is 10.9. The lowest BCUT2D eigenvalue weighted by molar-refractivity contribution is -0.137. The number of aromatic nitrogens is 3. The Morgan fingerprint density at radius 1 is 1.03 bits per heavy atom. The van der Waals surface area contributed by atoms with Crippen molar-refractivity contribution in [2.24, 2.45) is 7.05 Å². The Hall–Kier alpha value is -3.27. The molecule has 3 heterocycles. The summed E-state index contributed by atoms with van der Waals surface area (Å²) in [6.07, 6.45) is -1.55. The van der Waals surface area contributed by atoms with E-state index in [0.717, 1.165) is 49.2 Å². The second kappa shape index (κ2) is 8.58. The molecular formula is C23H25F3N6O. The van der Waals surface area contributed by atoms with Gasteiger partial charge in [-0.2, -0.15) is 18.3 Å². The van der Waals surface area contributed by atoms with E-state index in [1.807, 2.05) is 30.3 Å². The lowest BCUT2D eigenvalue weighted by atomic mass is 10.2.